The van der Waals surface area contributed by atoms with Crippen molar-refractivity contribution in [1.82, 2.24) is 4.90 Å². The number of thiophene rings is 1. The molecule has 0 aliphatic heterocycles. The highest BCUT2D eigenvalue weighted by molar-refractivity contribution is 7.10. The van der Waals surface area contributed by atoms with Crippen LogP contribution in [-0.4, -0.2) is 29.6 Å². The van der Waals surface area contributed by atoms with E-state index < -0.39 is 0 Å². The van der Waals surface area contributed by atoms with E-state index in [2.05, 4.69) is 18.8 Å². The van der Waals surface area contributed by atoms with Crippen molar-refractivity contribution in [2.45, 2.75) is 52.0 Å². The molecule has 0 aromatic carbocycles. The lowest BCUT2D eigenvalue weighted by Gasteiger charge is -2.16. The molecule has 0 unspecified atom stereocenters. The standard InChI is InChI=1S/C17H25NO2S/c1-3-4-5-6-10-17(20)18(2)13-15-12-16(21-14-15)9-7-8-11-19/h12,14,19H,3-6,8,10-11,13H2,1-2H3. The molecule has 0 saturated carbocycles. The lowest BCUT2D eigenvalue weighted by Crippen LogP contribution is -2.25. The minimum absolute atomic E-state index is 0.0977. The molecular formula is C17H25NO2S. The predicted molar refractivity (Wildman–Crippen MR) is 88.1 cm³/mol. The van der Waals surface area contributed by atoms with E-state index in [9.17, 15) is 4.79 Å². The smallest absolute Gasteiger partial charge is 0.222 e. The van der Waals surface area contributed by atoms with Gasteiger partial charge in [-0.15, -0.1) is 11.3 Å². The molecule has 1 heterocycles. The number of rotatable bonds is 8. The summed E-state index contributed by atoms with van der Waals surface area (Å²) in [6, 6.07) is 2.02. The van der Waals surface area contributed by atoms with Crippen molar-refractivity contribution in [3.8, 4) is 11.8 Å². The van der Waals surface area contributed by atoms with Crippen LogP contribution in [0.2, 0.25) is 0 Å². The van der Waals surface area contributed by atoms with Crippen molar-refractivity contribution in [1.29, 1.82) is 0 Å². The van der Waals surface area contributed by atoms with Gasteiger partial charge in [0, 0.05) is 26.4 Å². The average molecular weight is 307 g/mol. The highest BCUT2D eigenvalue weighted by atomic mass is 32.1. The third kappa shape index (κ3) is 7.31. The monoisotopic (exact) mass is 307 g/mol. The summed E-state index contributed by atoms with van der Waals surface area (Å²) in [5.74, 6) is 6.15. The van der Waals surface area contributed by atoms with Crippen molar-refractivity contribution in [2.75, 3.05) is 13.7 Å². The fourth-order valence-electron chi connectivity index (χ4n) is 1.99. The highest BCUT2D eigenvalue weighted by Crippen LogP contribution is 2.16. The number of nitrogens with zero attached hydrogens (tertiary/aromatic N) is 1. The van der Waals surface area contributed by atoms with Gasteiger partial charge in [-0.1, -0.05) is 38.0 Å². The van der Waals surface area contributed by atoms with Crippen LogP contribution < -0.4 is 0 Å². The van der Waals surface area contributed by atoms with Crippen molar-refractivity contribution in [3.63, 3.8) is 0 Å². The Balaban J connectivity index is 2.38. The molecule has 0 atom stereocenters. The number of carbonyl (C=O) groups excluding carboxylic acids is 1. The summed E-state index contributed by atoms with van der Waals surface area (Å²) in [6.07, 6.45) is 5.67. The molecule has 0 spiro atoms. The van der Waals surface area contributed by atoms with E-state index in [1.165, 1.54) is 12.8 Å². The first-order chi connectivity index (χ1) is 10.2. The summed E-state index contributed by atoms with van der Waals surface area (Å²) >= 11 is 1.58. The number of hydrogen-bond acceptors (Lipinski definition) is 3. The summed E-state index contributed by atoms with van der Waals surface area (Å²) in [5.41, 5.74) is 1.12. The van der Waals surface area contributed by atoms with Gasteiger partial charge in [0.05, 0.1) is 11.5 Å². The quantitative estimate of drug-likeness (QED) is 0.590. The summed E-state index contributed by atoms with van der Waals surface area (Å²) in [4.78, 5) is 14.8. The lowest BCUT2D eigenvalue weighted by atomic mass is 10.1. The maximum Gasteiger partial charge on any atom is 0.222 e. The van der Waals surface area contributed by atoms with Crippen molar-refractivity contribution in [3.05, 3.63) is 21.9 Å². The van der Waals surface area contributed by atoms with Crippen LogP contribution in [0.3, 0.4) is 0 Å². The normalized spacial score (nSPS) is 10.0. The van der Waals surface area contributed by atoms with Gasteiger partial charge in [-0.3, -0.25) is 4.79 Å². The van der Waals surface area contributed by atoms with E-state index in [4.69, 9.17) is 5.11 Å². The van der Waals surface area contributed by atoms with Gasteiger partial charge in [0.15, 0.2) is 0 Å². The van der Waals surface area contributed by atoms with Crippen LogP contribution >= 0.6 is 11.3 Å². The molecule has 21 heavy (non-hydrogen) atoms. The van der Waals surface area contributed by atoms with E-state index in [-0.39, 0.29) is 12.5 Å². The first-order valence-corrected chi connectivity index (χ1v) is 8.46. The highest BCUT2D eigenvalue weighted by Gasteiger charge is 2.09. The van der Waals surface area contributed by atoms with Crippen LogP contribution in [0.4, 0.5) is 0 Å². The Morgan fingerprint density at radius 2 is 2.19 bits per heavy atom. The zero-order valence-electron chi connectivity index (χ0n) is 13.0. The Hall–Kier alpha value is -1.31. The topological polar surface area (TPSA) is 40.5 Å². The number of unbranched alkanes of at least 4 members (excludes halogenated alkanes) is 3. The third-order valence-electron chi connectivity index (χ3n) is 3.19. The van der Waals surface area contributed by atoms with Crippen molar-refractivity contribution >= 4 is 17.2 Å². The molecule has 1 N–H and O–H groups in total. The van der Waals surface area contributed by atoms with Gasteiger partial charge >= 0.3 is 0 Å². The van der Waals surface area contributed by atoms with Crippen LogP contribution in [0, 0.1) is 11.8 Å². The Labute approximate surface area is 132 Å². The Morgan fingerprint density at radius 3 is 2.90 bits per heavy atom. The molecule has 1 aromatic heterocycles. The molecule has 1 amide bonds. The molecular weight excluding hydrogens is 282 g/mol. The first kappa shape index (κ1) is 17.7. The molecule has 0 fully saturated rings. The second-order valence-electron chi connectivity index (χ2n) is 5.16. The molecule has 0 bridgehead atoms. The van der Waals surface area contributed by atoms with E-state index >= 15 is 0 Å². The fourth-order valence-corrected chi connectivity index (χ4v) is 2.76. The number of carbonyl (C=O) groups is 1. The third-order valence-corrected chi connectivity index (χ3v) is 4.09. The van der Waals surface area contributed by atoms with Gasteiger partial charge in [-0.2, -0.15) is 0 Å². The molecule has 1 rings (SSSR count). The van der Waals surface area contributed by atoms with E-state index in [0.717, 1.165) is 23.3 Å². The molecule has 116 valence electrons. The van der Waals surface area contributed by atoms with Gasteiger partial charge in [-0.25, -0.2) is 0 Å². The van der Waals surface area contributed by atoms with Crippen LogP contribution in [-0.2, 0) is 11.3 Å². The molecule has 0 aliphatic rings. The van der Waals surface area contributed by atoms with Gasteiger partial charge in [0.25, 0.3) is 0 Å². The van der Waals surface area contributed by atoms with Crippen LogP contribution in [0.5, 0.6) is 0 Å². The molecule has 0 saturated heterocycles. The Bertz CT molecular complexity index is 484. The molecule has 4 heteroatoms. The average Bonchev–Trinajstić information content (AvgIpc) is 2.91. The van der Waals surface area contributed by atoms with Crippen LogP contribution in [0.1, 0.15) is 55.9 Å². The fraction of sp³-hybridized carbons (Fsp3) is 0.588. The number of aliphatic hydroxyl groups is 1. The van der Waals surface area contributed by atoms with Crippen molar-refractivity contribution in [2.24, 2.45) is 0 Å². The van der Waals surface area contributed by atoms with Crippen molar-refractivity contribution < 1.29 is 9.90 Å². The molecule has 1 aromatic rings. The van der Waals surface area contributed by atoms with E-state index in [0.29, 0.717) is 19.4 Å². The number of hydrogen-bond donors (Lipinski definition) is 1. The predicted octanol–water partition coefficient (Wildman–Crippen LogP) is 3.41. The van der Waals surface area contributed by atoms with Crippen LogP contribution in [0.15, 0.2) is 11.4 Å². The summed E-state index contributed by atoms with van der Waals surface area (Å²) in [5, 5.41) is 10.7. The SMILES string of the molecule is CCCCCCC(=O)N(C)Cc1csc(C#CCCO)c1. The van der Waals surface area contributed by atoms with E-state index in [1.54, 1.807) is 16.2 Å². The second-order valence-corrected chi connectivity index (χ2v) is 6.07. The Morgan fingerprint density at radius 1 is 1.38 bits per heavy atom. The zero-order chi connectivity index (χ0) is 15.5. The Kier molecular flexibility index (Phi) is 8.80. The number of amides is 1. The molecule has 3 nitrogen and oxygen atoms in total. The van der Waals surface area contributed by atoms with Gasteiger partial charge in [-0.05, 0) is 23.4 Å². The zero-order valence-corrected chi connectivity index (χ0v) is 13.8. The number of aliphatic hydroxyl groups excluding tert-OH is 1. The maximum absolute atomic E-state index is 12.0. The largest absolute Gasteiger partial charge is 0.395 e. The summed E-state index contributed by atoms with van der Waals surface area (Å²) in [7, 11) is 1.86. The van der Waals surface area contributed by atoms with Gasteiger partial charge in [0.1, 0.15) is 0 Å². The first-order valence-electron chi connectivity index (χ1n) is 7.58. The van der Waals surface area contributed by atoms with E-state index in [1.807, 2.05) is 18.5 Å². The van der Waals surface area contributed by atoms with Gasteiger partial charge < -0.3 is 10.0 Å². The minimum Gasteiger partial charge on any atom is -0.395 e. The summed E-state index contributed by atoms with van der Waals surface area (Å²) in [6.45, 7) is 2.91. The second kappa shape index (κ2) is 10.4. The maximum atomic E-state index is 12.0. The minimum atomic E-state index is 0.0977. The molecule has 0 aliphatic carbocycles. The summed E-state index contributed by atoms with van der Waals surface area (Å²) < 4.78 is 0. The van der Waals surface area contributed by atoms with Gasteiger partial charge in [0.2, 0.25) is 5.91 Å². The lowest BCUT2D eigenvalue weighted by molar-refractivity contribution is -0.130. The van der Waals surface area contributed by atoms with Crippen LogP contribution in [0.25, 0.3) is 0 Å². The molecule has 0 radical (unpaired) electrons.